The van der Waals surface area contributed by atoms with Crippen molar-refractivity contribution in [1.82, 2.24) is 9.88 Å². The van der Waals surface area contributed by atoms with Gasteiger partial charge in [0.25, 0.3) is 5.56 Å². The summed E-state index contributed by atoms with van der Waals surface area (Å²) in [6.45, 7) is 6.12. The summed E-state index contributed by atoms with van der Waals surface area (Å²) < 4.78 is 5.90. The Bertz CT molecular complexity index is 861. The zero-order valence-corrected chi connectivity index (χ0v) is 16.0. The SMILES string of the molecule is Cc1cc(-c2cccc(OCCCCN3CCCCC3)c2)c(C#N)c(=O)[nH]1. The number of benzene rings is 1. The summed E-state index contributed by atoms with van der Waals surface area (Å²) in [5.41, 5.74) is 2.00. The fraction of sp³-hybridized carbons (Fsp3) is 0.455. The van der Waals surface area contributed by atoms with E-state index in [-0.39, 0.29) is 11.1 Å². The summed E-state index contributed by atoms with van der Waals surface area (Å²) in [6, 6.07) is 11.5. The number of hydrogen-bond donors (Lipinski definition) is 1. The topological polar surface area (TPSA) is 69.1 Å². The molecule has 27 heavy (non-hydrogen) atoms. The standard InChI is InChI=1S/C22H27N3O2/c1-17-14-20(21(16-23)22(26)24-17)18-8-7-9-19(15-18)27-13-6-5-12-25-10-3-2-4-11-25/h7-9,14-15H,2-6,10-13H2,1H3,(H,24,26). The van der Waals surface area contributed by atoms with Gasteiger partial charge in [0, 0.05) is 11.3 Å². The number of aryl methyl sites for hydroxylation is 1. The molecule has 5 heteroatoms. The van der Waals surface area contributed by atoms with Gasteiger partial charge in [0.05, 0.1) is 6.61 Å². The molecule has 0 unspecified atom stereocenters. The van der Waals surface area contributed by atoms with Crippen LogP contribution < -0.4 is 10.3 Å². The van der Waals surface area contributed by atoms with Gasteiger partial charge in [0.2, 0.25) is 0 Å². The molecular weight excluding hydrogens is 338 g/mol. The van der Waals surface area contributed by atoms with Crippen molar-refractivity contribution in [2.45, 2.75) is 39.0 Å². The second kappa shape index (κ2) is 9.38. The van der Waals surface area contributed by atoms with E-state index in [0.717, 1.165) is 36.4 Å². The van der Waals surface area contributed by atoms with Crippen LogP contribution >= 0.6 is 0 Å². The number of pyridine rings is 1. The lowest BCUT2D eigenvalue weighted by molar-refractivity contribution is 0.216. The first-order valence-corrected chi connectivity index (χ1v) is 9.77. The minimum atomic E-state index is -0.350. The Morgan fingerprint density at radius 3 is 2.78 bits per heavy atom. The van der Waals surface area contributed by atoms with E-state index in [2.05, 4.69) is 9.88 Å². The Balaban J connectivity index is 1.58. The van der Waals surface area contributed by atoms with Crippen LogP contribution in [0.2, 0.25) is 0 Å². The maximum atomic E-state index is 12.0. The first kappa shape index (κ1) is 19.2. The molecule has 0 spiro atoms. The Labute approximate surface area is 160 Å². The monoisotopic (exact) mass is 365 g/mol. The number of hydrogen-bond acceptors (Lipinski definition) is 4. The predicted octanol–water partition coefficient (Wildman–Crippen LogP) is 3.87. The summed E-state index contributed by atoms with van der Waals surface area (Å²) >= 11 is 0. The van der Waals surface area contributed by atoms with E-state index in [9.17, 15) is 10.1 Å². The van der Waals surface area contributed by atoms with E-state index >= 15 is 0 Å². The molecule has 0 bridgehead atoms. The van der Waals surface area contributed by atoms with E-state index < -0.39 is 0 Å². The molecule has 1 aliphatic heterocycles. The molecular formula is C22H27N3O2. The lowest BCUT2D eigenvalue weighted by Gasteiger charge is -2.26. The van der Waals surface area contributed by atoms with Crippen LogP contribution in [0.5, 0.6) is 5.75 Å². The molecule has 2 aromatic rings. The van der Waals surface area contributed by atoms with Gasteiger partial charge in [-0.2, -0.15) is 5.26 Å². The fourth-order valence-corrected chi connectivity index (χ4v) is 3.59. The minimum absolute atomic E-state index is 0.138. The van der Waals surface area contributed by atoms with E-state index in [4.69, 9.17) is 4.74 Å². The van der Waals surface area contributed by atoms with Gasteiger partial charge < -0.3 is 14.6 Å². The summed E-state index contributed by atoms with van der Waals surface area (Å²) in [4.78, 5) is 17.2. The number of piperidine rings is 1. The second-order valence-corrected chi connectivity index (χ2v) is 7.17. The number of nitrogens with zero attached hydrogens (tertiary/aromatic N) is 2. The molecule has 0 amide bonds. The van der Waals surface area contributed by atoms with Crippen LogP contribution in [0.1, 0.15) is 43.4 Å². The largest absolute Gasteiger partial charge is 0.494 e. The molecule has 2 heterocycles. The van der Waals surface area contributed by atoms with Gasteiger partial charge in [0.15, 0.2) is 0 Å². The number of aromatic amines is 1. The number of nitrogens with one attached hydrogen (secondary N) is 1. The van der Waals surface area contributed by atoms with Gasteiger partial charge in [0.1, 0.15) is 17.4 Å². The summed E-state index contributed by atoms with van der Waals surface area (Å²) in [5.74, 6) is 0.771. The molecule has 0 atom stereocenters. The fourth-order valence-electron chi connectivity index (χ4n) is 3.59. The van der Waals surface area contributed by atoms with Gasteiger partial charge in [-0.05, 0) is 76.0 Å². The van der Waals surface area contributed by atoms with E-state index in [1.54, 1.807) is 0 Å². The number of unbranched alkanes of at least 4 members (excludes halogenated alkanes) is 1. The molecule has 1 aromatic carbocycles. The van der Waals surface area contributed by atoms with Crippen molar-refractivity contribution < 1.29 is 4.74 Å². The van der Waals surface area contributed by atoms with Crippen molar-refractivity contribution >= 4 is 0 Å². The second-order valence-electron chi connectivity index (χ2n) is 7.17. The molecule has 1 aromatic heterocycles. The number of nitriles is 1. The van der Waals surface area contributed by atoms with Crippen LogP contribution in [0.25, 0.3) is 11.1 Å². The van der Waals surface area contributed by atoms with Gasteiger partial charge in [-0.15, -0.1) is 0 Å². The lowest BCUT2D eigenvalue weighted by Crippen LogP contribution is -2.30. The van der Waals surface area contributed by atoms with Crippen molar-refractivity contribution in [1.29, 1.82) is 5.26 Å². The van der Waals surface area contributed by atoms with Crippen LogP contribution in [0.3, 0.4) is 0 Å². The Morgan fingerprint density at radius 2 is 2.00 bits per heavy atom. The van der Waals surface area contributed by atoms with Crippen LogP contribution in [0.4, 0.5) is 0 Å². The number of likely N-dealkylation sites (tertiary alicyclic amines) is 1. The molecule has 5 nitrogen and oxygen atoms in total. The Kier molecular flexibility index (Phi) is 6.67. The van der Waals surface area contributed by atoms with Gasteiger partial charge in [-0.3, -0.25) is 4.79 Å². The van der Waals surface area contributed by atoms with Gasteiger partial charge >= 0.3 is 0 Å². The third-order valence-electron chi connectivity index (χ3n) is 5.01. The maximum Gasteiger partial charge on any atom is 0.266 e. The van der Waals surface area contributed by atoms with E-state index in [1.807, 2.05) is 43.3 Å². The Hall–Kier alpha value is -2.58. The highest BCUT2D eigenvalue weighted by Crippen LogP contribution is 2.26. The molecule has 3 rings (SSSR count). The average Bonchev–Trinajstić information content (AvgIpc) is 2.68. The van der Waals surface area contributed by atoms with Crippen molar-refractivity contribution in [3.05, 3.63) is 51.9 Å². The van der Waals surface area contributed by atoms with Crippen molar-refractivity contribution in [3.63, 3.8) is 0 Å². The molecule has 0 aliphatic carbocycles. The lowest BCUT2D eigenvalue weighted by atomic mass is 10.0. The number of H-pyrrole nitrogens is 1. The van der Waals surface area contributed by atoms with Crippen LogP contribution in [0, 0.1) is 18.3 Å². The summed E-state index contributed by atoms with van der Waals surface area (Å²) in [7, 11) is 0. The van der Waals surface area contributed by atoms with Crippen LogP contribution in [-0.2, 0) is 0 Å². The number of ether oxygens (including phenoxy) is 1. The molecule has 1 saturated heterocycles. The molecule has 1 fully saturated rings. The van der Waals surface area contributed by atoms with Crippen molar-refractivity contribution in [3.8, 4) is 22.9 Å². The third-order valence-corrected chi connectivity index (χ3v) is 5.01. The normalized spacial score (nSPS) is 14.7. The van der Waals surface area contributed by atoms with Gasteiger partial charge in [-0.25, -0.2) is 0 Å². The molecule has 0 radical (unpaired) electrons. The highest BCUT2D eigenvalue weighted by molar-refractivity contribution is 5.71. The minimum Gasteiger partial charge on any atom is -0.494 e. The van der Waals surface area contributed by atoms with E-state index in [1.165, 1.54) is 32.4 Å². The first-order chi connectivity index (χ1) is 13.2. The van der Waals surface area contributed by atoms with Gasteiger partial charge in [-0.1, -0.05) is 18.6 Å². The summed E-state index contributed by atoms with van der Waals surface area (Å²) in [5, 5.41) is 9.32. The highest BCUT2D eigenvalue weighted by Gasteiger charge is 2.11. The van der Waals surface area contributed by atoms with Crippen molar-refractivity contribution in [2.75, 3.05) is 26.2 Å². The van der Waals surface area contributed by atoms with Crippen LogP contribution in [-0.4, -0.2) is 36.1 Å². The quantitative estimate of drug-likeness (QED) is 0.756. The Morgan fingerprint density at radius 1 is 1.19 bits per heavy atom. The average molecular weight is 365 g/mol. The predicted molar refractivity (Wildman–Crippen MR) is 107 cm³/mol. The zero-order valence-electron chi connectivity index (χ0n) is 16.0. The smallest absolute Gasteiger partial charge is 0.266 e. The van der Waals surface area contributed by atoms with E-state index in [0.29, 0.717) is 12.2 Å². The molecule has 142 valence electrons. The number of rotatable bonds is 7. The zero-order chi connectivity index (χ0) is 19.1. The first-order valence-electron chi connectivity index (χ1n) is 9.77. The molecule has 1 aliphatic rings. The molecule has 1 N–H and O–H groups in total. The number of aromatic nitrogens is 1. The molecule has 0 saturated carbocycles. The third kappa shape index (κ3) is 5.21. The van der Waals surface area contributed by atoms with Crippen LogP contribution in [0.15, 0.2) is 35.1 Å². The summed E-state index contributed by atoms with van der Waals surface area (Å²) in [6.07, 6.45) is 6.20. The highest BCUT2D eigenvalue weighted by atomic mass is 16.5. The van der Waals surface area contributed by atoms with Crippen molar-refractivity contribution in [2.24, 2.45) is 0 Å². The maximum absolute atomic E-state index is 12.0.